The molecule has 7 heteroatoms. The molecule has 0 aromatic rings. The molecule has 1 heterocycles. The second-order valence-electron chi connectivity index (χ2n) is 4.05. The molecule has 104 valence electrons. The van der Waals surface area contributed by atoms with Crippen LogP contribution in [0.25, 0.3) is 0 Å². The van der Waals surface area contributed by atoms with Crippen LogP contribution in [0.2, 0.25) is 0 Å². The number of carbonyl (C=O) groups excluding carboxylic acids is 1. The van der Waals surface area contributed by atoms with Crippen molar-refractivity contribution in [2.75, 3.05) is 38.3 Å². The van der Waals surface area contributed by atoms with Gasteiger partial charge in [0.25, 0.3) is 0 Å². The summed E-state index contributed by atoms with van der Waals surface area (Å²) in [6.45, 7) is 1.72. The van der Waals surface area contributed by atoms with E-state index < -0.39 is 12.0 Å². The first-order valence-corrected chi connectivity index (χ1v) is 7.16. The number of ether oxygens (including phenoxy) is 1. The van der Waals surface area contributed by atoms with Gasteiger partial charge in [0.15, 0.2) is 0 Å². The predicted octanol–water partition coefficient (Wildman–Crippen LogP) is 0.625. The first-order valence-electron chi connectivity index (χ1n) is 6.00. The van der Waals surface area contributed by atoms with Gasteiger partial charge in [0.2, 0.25) is 0 Å². The molecule has 2 amide bonds. The number of nitrogens with one attached hydrogen (secondary N) is 1. The fourth-order valence-electron chi connectivity index (χ4n) is 1.72. The van der Waals surface area contributed by atoms with E-state index >= 15 is 0 Å². The summed E-state index contributed by atoms with van der Waals surface area (Å²) < 4.78 is 4.91. The molecule has 0 radical (unpaired) electrons. The molecule has 6 nitrogen and oxygen atoms in total. The Morgan fingerprint density at radius 1 is 1.50 bits per heavy atom. The number of amides is 2. The summed E-state index contributed by atoms with van der Waals surface area (Å²) in [7, 11) is 1.64. The van der Waals surface area contributed by atoms with E-state index in [1.807, 2.05) is 0 Å². The second kappa shape index (κ2) is 8.20. The zero-order chi connectivity index (χ0) is 13.4. The fourth-order valence-corrected chi connectivity index (χ4v) is 2.76. The quantitative estimate of drug-likeness (QED) is 0.695. The van der Waals surface area contributed by atoms with E-state index in [4.69, 9.17) is 9.84 Å². The van der Waals surface area contributed by atoms with Gasteiger partial charge in [-0.3, -0.25) is 0 Å². The molecule has 1 aliphatic rings. The van der Waals surface area contributed by atoms with Crippen LogP contribution < -0.4 is 5.32 Å². The van der Waals surface area contributed by atoms with Gasteiger partial charge in [-0.2, -0.15) is 11.8 Å². The average Bonchev–Trinajstić information content (AvgIpc) is 2.38. The number of carbonyl (C=O) groups is 2. The van der Waals surface area contributed by atoms with E-state index in [1.165, 1.54) is 4.90 Å². The summed E-state index contributed by atoms with van der Waals surface area (Å²) in [6, 6.07) is -0.983. The van der Waals surface area contributed by atoms with Gasteiger partial charge in [0, 0.05) is 38.3 Å². The number of hydrogen-bond donors (Lipinski definition) is 2. The number of carboxylic acid groups (broad SMARTS) is 1. The summed E-state index contributed by atoms with van der Waals surface area (Å²) in [6.07, 6.45) is 1.72. The Kier molecular flexibility index (Phi) is 6.89. The Labute approximate surface area is 111 Å². The molecule has 1 unspecified atom stereocenters. The summed E-state index contributed by atoms with van der Waals surface area (Å²) in [5.41, 5.74) is 0. The first kappa shape index (κ1) is 15.1. The Bertz CT molecular complexity index is 288. The molecule has 1 saturated heterocycles. The second-order valence-corrected chi connectivity index (χ2v) is 5.20. The molecular formula is C11H20N2O4S. The number of nitrogens with zero attached hydrogens (tertiary/aromatic N) is 1. The fraction of sp³-hybridized carbons (Fsp3) is 0.818. The van der Waals surface area contributed by atoms with Gasteiger partial charge in [-0.15, -0.1) is 0 Å². The molecule has 0 aliphatic carbocycles. The van der Waals surface area contributed by atoms with Crippen molar-refractivity contribution in [3.8, 4) is 0 Å². The van der Waals surface area contributed by atoms with Crippen molar-refractivity contribution >= 4 is 23.8 Å². The Morgan fingerprint density at radius 2 is 2.28 bits per heavy atom. The summed E-state index contributed by atoms with van der Waals surface area (Å²) in [5, 5.41) is 11.8. The van der Waals surface area contributed by atoms with E-state index in [-0.39, 0.29) is 6.03 Å². The molecule has 2 N–H and O–H groups in total. The Morgan fingerprint density at radius 3 is 2.94 bits per heavy atom. The normalized spacial score (nSPS) is 19.6. The van der Waals surface area contributed by atoms with Gasteiger partial charge < -0.3 is 20.1 Å². The highest BCUT2D eigenvalue weighted by Crippen LogP contribution is 2.16. The SMILES string of the molecule is COCCCCNC(=O)N1CCSCC1C(=O)O. The van der Waals surface area contributed by atoms with Gasteiger partial charge in [-0.25, -0.2) is 9.59 Å². The Balaban J connectivity index is 2.32. The topological polar surface area (TPSA) is 78.9 Å². The molecule has 1 fully saturated rings. The van der Waals surface area contributed by atoms with E-state index in [0.29, 0.717) is 25.4 Å². The molecule has 1 atom stereocenters. The van der Waals surface area contributed by atoms with E-state index in [0.717, 1.165) is 18.6 Å². The van der Waals surface area contributed by atoms with Crippen molar-refractivity contribution in [2.24, 2.45) is 0 Å². The first-order chi connectivity index (χ1) is 8.66. The van der Waals surface area contributed by atoms with Crippen LogP contribution >= 0.6 is 11.8 Å². The van der Waals surface area contributed by atoms with E-state index in [1.54, 1.807) is 18.9 Å². The van der Waals surface area contributed by atoms with E-state index in [2.05, 4.69) is 5.32 Å². The molecule has 0 saturated carbocycles. The van der Waals surface area contributed by atoms with Gasteiger partial charge >= 0.3 is 12.0 Å². The lowest BCUT2D eigenvalue weighted by Gasteiger charge is -2.32. The summed E-state index contributed by atoms with van der Waals surface area (Å²) in [4.78, 5) is 24.3. The Hall–Kier alpha value is -0.950. The summed E-state index contributed by atoms with van der Waals surface area (Å²) >= 11 is 1.57. The number of carboxylic acids is 1. The highest BCUT2D eigenvalue weighted by atomic mass is 32.2. The number of thioether (sulfide) groups is 1. The highest BCUT2D eigenvalue weighted by molar-refractivity contribution is 7.99. The van der Waals surface area contributed by atoms with Crippen LogP contribution in [-0.2, 0) is 9.53 Å². The molecule has 18 heavy (non-hydrogen) atoms. The van der Waals surface area contributed by atoms with Crippen LogP contribution in [0, 0.1) is 0 Å². The number of aliphatic carboxylic acids is 1. The molecular weight excluding hydrogens is 256 g/mol. The number of methoxy groups -OCH3 is 1. The van der Waals surface area contributed by atoms with Crippen molar-refractivity contribution in [2.45, 2.75) is 18.9 Å². The lowest BCUT2D eigenvalue weighted by atomic mass is 10.3. The minimum Gasteiger partial charge on any atom is -0.480 e. The molecule has 1 rings (SSSR count). The van der Waals surface area contributed by atoms with Crippen molar-refractivity contribution in [1.29, 1.82) is 0 Å². The maximum absolute atomic E-state index is 11.9. The monoisotopic (exact) mass is 276 g/mol. The van der Waals surface area contributed by atoms with Crippen LogP contribution in [0.3, 0.4) is 0 Å². The molecule has 0 bridgehead atoms. The third kappa shape index (κ3) is 4.73. The predicted molar refractivity (Wildman–Crippen MR) is 70.0 cm³/mol. The van der Waals surface area contributed by atoms with Gasteiger partial charge in [-0.1, -0.05) is 0 Å². The summed E-state index contributed by atoms with van der Waals surface area (Å²) in [5.74, 6) is 0.324. The third-order valence-corrected chi connectivity index (χ3v) is 3.75. The lowest BCUT2D eigenvalue weighted by molar-refractivity contribution is -0.141. The minimum absolute atomic E-state index is 0.278. The van der Waals surface area contributed by atoms with Crippen molar-refractivity contribution in [3.63, 3.8) is 0 Å². The standard InChI is InChI=1S/C11H20N2O4S/c1-17-6-3-2-4-12-11(16)13-5-7-18-8-9(13)10(14)15/h9H,2-8H2,1H3,(H,12,16)(H,14,15). The van der Waals surface area contributed by atoms with Crippen molar-refractivity contribution in [3.05, 3.63) is 0 Å². The highest BCUT2D eigenvalue weighted by Gasteiger charge is 2.32. The maximum Gasteiger partial charge on any atom is 0.327 e. The molecule has 1 aliphatic heterocycles. The average molecular weight is 276 g/mol. The smallest absolute Gasteiger partial charge is 0.327 e. The molecule has 0 spiro atoms. The zero-order valence-corrected chi connectivity index (χ0v) is 11.4. The number of rotatable bonds is 6. The molecule has 0 aromatic carbocycles. The minimum atomic E-state index is -0.934. The van der Waals surface area contributed by atoms with Crippen LogP contribution in [0.15, 0.2) is 0 Å². The maximum atomic E-state index is 11.9. The number of unbranched alkanes of at least 4 members (excludes halogenated alkanes) is 1. The lowest BCUT2D eigenvalue weighted by Crippen LogP contribution is -2.53. The van der Waals surface area contributed by atoms with Crippen molar-refractivity contribution < 1.29 is 19.4 Å². The molecule has 0 aromatic heterocycles. The van der Waals surface area contributed by atoms with Crippen LogP contribution in [-0.4, -0.2) is 66.4 Å². The van der Waals surface area contributed by atoms with E-state index in [9.17, 15) is 9.59 Å². The van der Waals surface area contributed by atoms with Gasteiger partial charge in [0.05, 0.1) is 0 Å². The van der Waals surface area contributed by atoms with Gasteiger partial charge in [-0.05, 0) is 12.8 Å². The number of hydrogen-bond acceptors (Lipinski definition) is 4. The number of urea groups is 1. The zero-order valence-electron chi connectivity index (χ0n) is 10.6. The van der Waals surface area contributed by atoms with Gasteiger partial charge in [0.1, 0.15) is 6.04 Å². The van der Waals surface area contributed by atoms with Crippen LogP contribution in [0.5, 0.6) is 0 Å². The largest absolute Gasteiger partial charge is 0.480 e. The van der Waals surface area contributed by atoms with Crippen LogP contribution in [0.1, 0.15) is 12.8 Å². The van der Waals surface area contributed by atoms with Crippen molar-refractivity contribution in [1.82, 2.24) is 10.2 Å². The van der Waals surface area contributed by atoms with Crippen LogP contribution in [0.4, 0.5) is 4.79 Å². The third-order valence-electron chi connectivity index (χ3n) is 2.73.